The van der Waals surface area contributed by atoms with Crippen LogP contribution in [0.15, 0.2) is 4.60 Å². The lowest BCUT2D eigenvalue weighted by Crippen LogP contribution is -2.01. The van der Waals surface area contributed by atoms with Crippen molar-refractivity contribution >= 4 is 21.9 Å². The van der Waals surface area contributed by atoms with Crippen molar-refractivity contribution < 1.29 is 0 Å². The first-order valence-electron chi connectivity index (χ1n) is 4.63. The molecule has 0 aliphatic rings. The molecule has 0 bridgehead atoms. The topological polar surface area (TPSA) is 43.8 Å². The minimum atomic E-state index is 0.582. The first-order chi connectivity index (χ1) is 6.16. The zero-order valence-electron chi connectivity index (χ0n) is 8.18. The fourth-order valence-corrected chi connectivity index (χ4v) is 1.98. The molecule has 1 heterocycles. The Kier molecular flexibility index (Phi) is 3.78. The summed E-state index contributed by atoms with van der Waals surface area (Å²) in [5, 5.41) is 0. The third-order valence-corrected chi connectivity index (χ3v) is 2.85. The van der Waals surface area contributed by atoms with E-state index in [4.69, 9.17) is 5.73 Å². The summed E-state index contributed by atoms with van der Waals surface area (Å²) in [5.74, 6) is 0.582. The molecule has 1 aromatic rings. The largest absolute Gasteiger partial charge is 0.369 e. The quantitative estimate of drug-likeness (QED) is 0.829. The van der Waals surface area contributed by atoms with Crippen LogP contribution in [0.1, 0.15) is 31.9 Å². The molecule has 1 aromatic heterocycles. The predicted molar refractivity (Wildman–Crippen MR) is 58.5 cm³/mol. The predicted octanol–water partition coefficient (Wildman–Crippen LogP) is 2.50. The maximum absolute atomic E-state index is 5.67. The van der Waals surface area contributed by atoms with Gasteiger partial charge in [-0.15, -0.1) is 0 Å². The standard InChI is InChI=1S/C9H16BrN3/c1-3-4-5-6-7-8(10)12-9(11)13(7)2/h3-6H2,1-2H3,(H2,11,12). The van der Waals surface area contributed by atoms with Gasteiger partial charge in [0.1, 0.15) is 4.60 Å². The third kappa shape index (κ3) is 2.46. The molecule has 3 nitrogen and oxygen atoms in total. The number of nitrogen functional groups attached to an aromatic ring is 1. The van der Waals surface area contributed by atoms with E-state index in [1.54, 1.807) is 0 Å². The molecule has 0 unspecified atom stereocenters. The second kappa shape index (κ2) is 4.65. The highest BCUT2D eigenvalue weighted by Crippen LogP contribution is 2.20. The highest BCUT2D eigenvalue weighted by Gasteiger charge is 2.08. The molecule has 0 aromatic carbocycles. The molecular formula is C9H16BrN3. The zero-order valence-corrected chi connectivity index (χ0v) is 9.76. The number of hydrogen-bond donors (Lipinski definition) is 1. The minimum absolute atomic E-state index is 0.582. The third-order valence-electron chi connectivity index (χ3n) is 2.22. The van der Waals surface area contributed by atoms with Gasteiger partial charge in [-0.05, 0) is 28.8 Å². The highest BCUT2D eigenvalue weighted by atomic mass is 79.9. The lowest BCUT2D eigenvalue weighted by molar-refractivity contribution is 0.686. The number of imidazole rings is 1. The Morgan fingerprint density at radius 2 is 2.15 bits per heavy atom. The van der Waals surface area contributed by atoms with E-state index in [1.807, 2.05) is 11.6 Å². The molecule has 4 heteroatoms. The van der Waals surface area contributed by atoms with Crippen LogP contribution in [0.2, 0.25) is 0 Å². The van der Waals surface area contributed by atoms with Crippen LogP contribution in [-0.4, -0.2) is 9.55 Å². The average molecular weight is 246 g/mol. The van der Waals surface area contributed by atoms with Crippen LogP contribution < -0.4 is 5.73 Å². The molecule has 0 amide bonds. The van der Waals surface area contributed by atoms with E-state index in [2.05, 4.69) is 27.8 Å². The number of halogens is 1. The van der Waals surface area contributed by atoms with Crippen molar-refractivity contribution in [2.45, 2.75) is 32.6 Å². The second-order valence-electron chi connectivity index (χ2n) is 3.22. The molecule has 0 aliphatic carbocycles. The van der Waals surface area contributed by atoms with E-state index in [0.717, 1.165) is 11.0 Å². The minimum Gasteiger partial charge on any atom is -0.369 e. The monoisotopic (exact) mass is 245 g/mol. The molecule has 1 rings (SSSR count). The molecule has 0 atom stereocenters. The Hall–Kier alpha value is -0.510. The van der Waals surface area contributed by atoms with Crippen molar-refractivity contribution in [3.8, 4) is 0 Å². The number of hydrogen-bond acceptors (Lipinski definition) is 2. The van der Waals surface area contributed by atoms with Crippen LogP contribution in [0.4, 0.5) is 5.95 Å². The van der Waals surface area contributed by atoms with Crippen molar-refractivity contribution in [2.75, 3.05) is 5.73 Å². The van der Waals surface area contributed by atoms with Gasteiger partial charge in [-0.3, -0.25) is 0 Å². The number of unbranched alkanes of at least 4 members (excludes halogenated alkanes) is 2. The van der Waals surface area contributed by atoms with Gasteiger partial charge >= 0.3 is 0 Å². The van der Waals surface area contributed by atoms with Crippen LogP contribution in [0, 0.1) is 0 Å². The molecule has 0 saturated heterocycles. The van der Waals surface area contributed by atoms with Gasteiger partial charge in [0.05, 0.1) is 5.69 Å². The van der Waals surface area contributed by atoms with E-state index in [-0.39, 0.29) is 0 Å². The fraction of sp³-hybridized carbons (Fsp3) is 0.667. The molecule has 0 aliphatic heterocycles. The Morgan fingerprint density at radius 3 is 2.62 bits per heavy atom. The molecule has 13 heavy (non-hydrogen) atoms. The van der Waals surface area contributed by atoms with Gasteiger partial charge in [-0.25, -0.2) is 4.98 Å². The molecule has 2 N–H and O–H groups in total. The first kappa shape index (κ1) is 10.6. The van der Waals surface area contributed by atoms with Gasteiger partial charge in [0.15, 0.2) is 0 Å². The summed E-state index contributed by atoms with van der Waals surface area (Å²) in [6, 6.07) is 0. The van der Waals surface area contributed by atoms with Crippen LogP contribution in [0.5, 0.6) is 0 Å². The SMILES string of the molecule is CCCCCc1c(Br)nc(N)n1C. The van der Waals surface area contributed by atoms with Gasteiger partial charge in [0.25, 0.3) is 0 Å². The van der Waals surface area contributed by atoms with E-state index in [0.29, 0.717) is 5.95 Å². The van der Waals surface area contributed by atoms with Crippen LogP contribution in [0.25, 0.3) is 0 Å². The second-order valence-corrected chi connectivity index (χ2v) is 3.97. The Labute approximate surface area is 87.5 Å². The van der Waals surface area contributed by atoms with E-state index in [9.17, 15) is 0 Å². The molecule has 74 valence electrons. The summed E-state index contributed by atoms with van der Waals surface area (Å²) in [6.07, 6.45) is 4.76. The van der Waals surface area contributed by atoms with Crippen LogP contribution in [0.3, 0.4) is 0 Å². The summed E-state index contributed by atoms with van der Waals surface area (Å²) >= 11 is 3.41. The van der Waals surface area contributed by atoms with Crippen molar-refractivity contribution in [3.05, 3.63) is 10.3 Å². The molecular weight excluding hydrogens is 230 g/mol. The van der Waals surface area contributed by atoms with Crippen LogP contribution in [-0.2, 0) is 13.5 Å². The number of aromatic nitrogens is 2. The van der Waals surface area contributed by atoms with E-state index >= 15 is 0 Å². The number of anilines is 1. The number of nitrogens with two attached hydrogens (primary N) is 1. The number of nitrogens with zero attached hydrogens (tertiary/aromatic N) is 2. The van der Waals surface area contributed by atoms with Crippen molar-refractivity contribution in [2.24, 2.45) is 7.05 Å². The Balaban J connectivity index is 2.64. The molecule has 0 spiro atoms. The van der Waals surface area contributed by atoms with Gasteiger partial charge in [-0.2, -0.15) is 0 Å². The van der Waals surface area contributed by atoms with Gasteiger partial charge < -0.3 is 10.3 Å². The summed E-state index contributed by atoms with van der Waals surface area (Å²) in [5.41, 5.74) is 6.87. The summed E-state index contributed by atoms with van der Waals surface area (Å²) in [7, 11) is 1.95. The summed E-state index contributed by atoms with van der Waals surface area (Å²) in [6.45, 7) is 2.20. The van der Waals surface area contributed by atoms with Gasteiger partial charge in [0.2, 0.25) is 5.95 Å². The molecule has 0 saturated carbocycles. The zero-order chi connectivity index (χ0) is 9.84. The van der Waals surface area contributed by atoms with E-state index < -0.39 is 0 Å². The smallest absolute Gasteiger partial charge is 0.201 e. The average Bonchev–Trinajstić information content (AvgIpc) is 2.32. The maximum atomic E-state index is 5.67. The molecule has 0 fully saturated rings. The fourth-order valence-electron chi connectivity index (χ4n) is 1.33. The van der Waals surface area contributed by atoms with Crippen molar-refractivity contribution in [1.29, 1.82) is 0 Å². The summed E-state index contributed by atoms with van der Waals surface area (Å²) < 4.78 is 2.84. The first-order valence-corrected chi connectivity index (χ1v) is 5.42. The normalized spacial score (nSPS) is 10.7. The van der Waals surface area contributed by atoms with Crippen molar-refractivity contribution in [1.82, 2.24) is 9.55 Å². The van der Waals surface area contributed by atoms with Gasteiger partial charge in [-0.1, -0.05) is 19.8 Å². The van der Waals surface area contributed by atoms with E-state index in [1.165, 1.54) is 25.0 Å². The lowest BCUT2D eigenvalue weighted by Gasteiger charge is -2.02. The summed E-state index contributed by atoms with van der Waals surface area (Å²) in [4.78, 5) is 4.15. The Bertz CT molecular complexity index is 281. The lowest BCUT2D eigenvalue weighted by atomic mass is 10.2. The van der Waals surface area contributed by atoms with Gasteiger partial charge in [0, 0.05) is 7.05 Å². The van der Waals surface area contributed by atoms with Crippen molar-refractivity contribution in [3.63, 3.8) is 0 Å². The number of rotatable bonds is 4. The van der Waals surface area contributed by atoms with Crippen LogP contribution >= 0.6 is 15.9 Å². The highest BCUT2D eigenvalue weighted by molar-refractivity contribution is 9.10. The molecule has 0 radical (unpaired) electrons. The Morgan fingerprint density at radius 1 is 1.46 bits per heavy atom. The maximum Gasteiger partial charge on any atom is 0.201 e.